The Morgan fingerprint density at radius 1 is 0.958 bits per heavy atom. The third-order valence-electron chi connectivity index (χ3n) is 4.42. The maximum atomic E-state index is 12.9. The Morgan fingerprint density at radius 3 is 2.33 bits per heavy atom. The summed E-state index contributed by atoms with van der Waals surface area (Å²) in [6.07, 6.45) is 3.15. The number of carbonyl (C=O) groups excluding carboxylic acids is 1. The number of aromatic nitrogens is 1. The number of hydrogen-bond acceptors (Lipinski definition) is 3. The van der Waals surface area contributed by atoms with Gasteiger partial charge in [-0.3, -0.25) is 14.7 Å². The summed E-state index contributed by atoms with van der Waals surface area (Å²) in [5, 5.41) is 11.6. The monoisotopic (exact) mass is 316 g/mol. The molecule has 0 spiro atoms. The third-order valence-corrected chi connectivity index (χ3v) is 4.42. The smallest absolute Gasteiger partial charge is 0.257 e. The van der Waals surface area contributed by atoms with Crippen LogP contribution in [0.15, 0.2) is 79.1 Å². The lowest BCUT2D eigenvalue weighted by atomic mass is 9.95. The Labute approximate surface area is 140 Å². The van der Waals surface area contributed by atoms with Crippen molar-refractivity contribution in [2.45, 2.75) is 12.3 Å². The Balaban J connectivity index is 1.87. The van der Waals surface area contributed by atoms with Crippen LogP contribution < -0.4 is 0 Å². The van der Waals surface area contributed by atoms with Crippen LogP contribution in [0.3, 0.4) is 0 Å². The minimum atomic E-state index is -1.52. The molecule has 1 amide bonds. The van der Waals surface area contributed by atoms with Crippen molar-refractivity contribution in [2.75, 3.05) is 0 Å². The van der Waals surface area contributed by atoms with Gasteiger partial charge >= 0.3 is 0 Å². The van der Waals surface area contributed by atoms with Gasteiger partial charge in [0, 0.05) is 30.1 Å². The zero-order chi connectivity index (χ0) is 16.6. The van der Waals surface area contributed by atoms with Gasteiger partial charge in [0.1, 0.15) is 0 Å². The first-order valence-corrected chi connectivity index (χ1v) is 7.79. The second kappa shape index (κ2) is 5.58. The molecule has 2 heterocycles. The third kappa shape index (κ3) is 2.12. The van der Waals surface area contributed by atoms with Crippen molar-refractivity contribution >= 4 is 5.91 Å². The summed E-state index contributed by atoms with van der Waals surface area (Å²) < 4.78 is 0. The fourth-order valence-electron chi connectivity index (χ4n) is 3.23. The van der Waals surface area contributed by atoms with Crippen molar-refractivity contribution < 1.29 is 9.90 Å². The number of benzene rings is 2. The van der Waals surface area contributed by atoms with Crippen LogP contribution in [0, 0.1) is 0 Å². The minimum absolute atomic E-state index is 0.192. The van der Waals surface area contributed by atoms with E-state index in [1.807, 2.05) is 60.7 Å². The fourth-order valence-corrected chi connectivity index (χ4v) is 3.23. The van der Waals surface area contributed by atoms with E-state index in [1.54, 1.807) is 18.5 Å². The predicted octanol–water partition coefficient (Wildman–Crippen LogP) is 2.93. The summed E-state index contributed by atoms with van der Waals surface area (Å²) in [4.78, 5) is 18.5. The summed E-state index contributed by atoms with van der Waals surface area (Å²) in [5.41, 5.74) is 1.11. The molecule has 0 bridgehead atoms. The quantitative estimate of drug-likeness (QED) is 0.808. The maximum Gasteiger partial charge on any atom is 0.257 e. The van der Waals surface area contributed by atoms with Crippen LogP contribution in [-0.4, -0.2) is 20.9 Å². The molecule has 1 atom stereocenters. The number of amides is 1. The molecule has 4 nitrogen and oxygen atoms in total. The highest BCUT2D eigenvalue weighted by Crippen LogP contribution is 2.42. The fraction of sp³-hybridized carbons (Fsp3) is 0.100. The summed E-state index contributed by atoms with van der Waals surface area (Å²) in [6.45, 7) is 0.319. The molecule has 0 saturated heterocycles. The molecule has 1 aromatic heterocycles. The summed E-state index contributed by atoms with van der Waals surface area (Å²) in [7, 11) is 0. The lowest BCUT2D eigenvalue weighted by molar-refractivity contribution is -0.0544. The molecule has 4 heteroatoms. The molecule has 0 radical (unpaired) electrons. The highest BCUT2D eigenvalue weighted by Gasteiger charge is 2.49. The van der Waals surface area contributed by atoms with Gasteiger partial charge in [-0.15, -0.1) is 0 Å². The number of aliphatic hydroxyl groups is 1. The molecule has 1 N–H and O–H groups in total. The molecule has 2 aromatic carbocycles. The van der Waals surface area contributed by atoms with Gasteiger partial charge < -0.3 is 5.11 Å². The van der Waals surface area contributed by atoms with Crippen LogP contribution >= 0.6 is 0 Å². The van der Waals surface area contributed by atoms with Crippen molar-refractivity contribution in [3.05, 3.63) is 101 Å². The van der Waals surface area contributed by atoms with Gasteiger partial charge in [0.25, 0.3) is 5.91 Å². The van der Waals surface area contributed by atoms with E-state index >= 15 is 0 Å². The average molecular weight is 316 g/mol. The zero-order valence-corrected chi connectivity index (χ0v) is 13.0. The van der Waals surface area contributed by atoms with Crippen LogP contribution in [-0.2, 0) is 12.3 Å². The molecule has 0 saturated carbocycles. The average Bonchev–Trinajstić information content (AvgIpc) is 2.87. The highest BCUT2D eigenvalue weighted by molar-refractivity contribution is 6.00. The van der Waals surface area contributed by atoms with Crippen LogP contribution in [0.5, 0.6) is 0 Å². The van der Waals surface area contributed by atoms with Gasteiger partial charge in [-0.05, 0) is 11.6 Å². The minimum Gasteiger partial charge on any atom is -0.363 e. The van der Waals surface area contributed by atoms with Crippen molar-refractivity contribution in [3.63, 3.8) is 0 Å². The molecule has 24 heavy (non-hydrogen) atoms. The number of pyridine rings is 1. The number of hydrogen-bond donors (Lipinski definition) is 1. The molecule has 0 aliphatic carbocycles. The lowest BCUT2D eigenvalue weighted by Crippen LogP contribution is -2.44. The predicted molar refractivity (Wildman–Crippen MR) is 90.0 cm³/mol. The van der Waals surface area contributed by atoms with Gasteiger partial charge in [-0.25, -0.2) is 0 Å². The summed E-state index contributed by atoms with van der Waals surface area (Å²) in [5.74, 6) is -0.192. The second-order valence-electron chi connectivity index (χ2n) is 5.84. The first-order valence-electron chi connectivity index (χ1n) is 7.79. The van der Waals surface area contributed by atoms with E-state index in [2.05, 4.69) is 4.98 Å². The van der Waals surface area contributed by atoms with E-state index in [0.29, 0.717) is 23.2 Å². The van der Waals surface area contributed by atoms with Crippen molar-refractivity contribution in [1.82, 2.24) is 9.88 Å². The topological polar surface area (TPSA) is 53.4 Å². The SMILES string of the molecule is O=C1c2ccncc2C(O)(c2ccccc2)N1Cc1ccccc1. The molecule has 3 aromatic rings. The molecule has 0 fully saturated rings. The second-order valence-corrected chi connectivity index (χ2v) is 5.84. The van der Waals surface area contributed by atoms with E-state index in [1.165, 1.54) is 4.90 Å². The Bertz CT molecular complexity index is 880. The number of nitrogens with zero attached hydrogens (tertiary/aromatic N) is 2. The van der Waals surface area contributed by atoms with E-state index in [-0.39, 0.29) is 5.91 Å². The normalized spacial score (nSPS) is 19.4. The number of fused-ring (bicyclic) bond motifs is 1. The van der Waals surface area contributed by atoms with Gasteiger partial charge in [0.2, 0.25) is 0 Å². The van der Waals surface area contributed by atoms with Crippen molar-refractivity contribution in [2.24, 2.45) is 0 Å². The van der Waals surface area contributed by atoms with Gasteiger partial charge in [0.05, 0.1) is 5.56 Å². The summed E-state index contributed by atoms with van der Waals surface area (Å²) in [6, 6.07) is 20.6. The lowest BCUT2D eigenvalue weighted by Gasteiger charge is -2.34. The van der Waals surface area contributed by atoms with Crippen molar-refractivity contribution in [3.8, 4) is 0 Å². The van der Waals surface area contributed by atoms with Crippen LogP contribution in [0.25, 0.3) is 0 Å². The molecule has 118 valence electrons. The number of rotatable bonds is 3. The highest BCUT2D eigenvalue weighted by atomic mass is 16.3. The van der Waals surface area contributed by atoms with E-state index in [0.717, 1.165) is 5.56 Å². The molecule has 4 rings (SSSR count). The molecular formula is C20H16N2O2. The number of carbonyl (C=O) groups is 1. The van der Waals surface area contributed by atoms with Gasteiger partial charge in [-0.2, -0.15) is 0 Å². The Morgan fingerprint density at radius 2 is 1.62 bits per heavy atom. The Kier molecular flexibility index (Phi) is 3.40. The summed E-state index contributed by atoms with van der Waals surface area (Å²) >= 11 is 0. The maximum absolute atomic E-state index is 12.9. The first kappa shape index (κ1) is 14.6. The van der Waals surface area contributed by atoms with E-state index in [4.69, 9.17) is 0 Å². The van der Waals surface area contributed by atoms with Crippen LogP contribution in [0.4, 0.5) is 0 Å². The standard InChI is InChI=1S/C20H16N2O2/c23-19-17-11-12-21-13-18(17)20(24,16-9-5-2-6-10-16)22(19)14-15-7-3-1-4-8-15/h1-13,24H,14H2. The Hall–Kier alpha value is -2.98. The van der Waals surface area contributed by atoms with Gasteiger partial charge in [0.15, 0.2) is 5.72 Å². The van der Waals surface area contributed by atoms with E-state index in [9.17, 15) is 9.90 Å². The van der Waals surface area contributed by atoms with Crippen molar-refractivity contribution in [1.29, 1.82) is 0 Å². The molecular weight excluding hydrogens is 300 g/mol. The molecule has 1 aliphatic rings. The molecule has 1 unspecified atom stereocenters. The van der Waals surface area contributed by atoms with Crippen LogP contribution in [0.2, 0.25) is 0 Å². The molecule has 1 aliphatic heterocycles. The van der Waals surface area contributed by atoms with E-state index < -0.39 is 5.72 Å². The largest absolute Gasteiger partial charge is 0.363 e. The van der Waals surface area contributed by atoms with Crippen LogP contribution in [0.1, 0.15) is 27.0 Å². The van der Waals surface area contributed by atoms with Gasteiger partial charge in [-0.1, -0.05) is 60.7 Å². The first-order chi connectivity index (χ1) is 11.7. The zero-order valence-electron chi connectivity index (χ0n) is 13.0.